The highest BCUT2D eigenvalue weighted by Crippen LogP contribution is 2.26. The maximum absolute atomic E-state index is 11.6. The number of ketones is 1. The molecular formula is C13H16O. The van der Waals surface area contributed by atoms with Crippen LogP contribution in [0, 0.1) is 5.92 Å². The second-order valence-corrected chi connectivity index (χ2v) is 3.07. The van der Waals surface area contributed by atoms with Crippen LogP contribution < -0.4 is 0 Å². The Labute approximate surface area is 85.5 Å². The summed E-state index contributed by atoms with van der Waals surface area (Å²) in [7, 11) is 0. The molecule has 1 atom stereocenters. The third kappa shape index (κ3) is 1.77. The van der Waals surface area contributed by atoms with Crippen LogP contribution in [0.1, 0.15) is 29.8 Å². The smallest absolute Gasteiger partial charge is 0.170 e. The molecule has 14 heavy (non-hydrogen) atoms. The van der Waals surface area contributed by atoms with E-state index in [-0.39, 0.29) is 11.7 Å². The Balaban J connectivity index is 0.000000461. The zero-order valence-corrected chi connectivity index (χ0v) is 8.79. The van der Waals surface area contributed by atoms with E-state index in [2.05, 4.69) is 6.58 Å². The zero-order chi connectivity index (χ0) is 10.6. The van der Waals surface area contributed by atoms with Crippen molar-refractivity contribution >= 4 is 5.78 Å². The average Bonchev–Trinajstić information content (AvgIpc) is 2.59. The third-order valence-corrected chi connectivity index (χ3v) is 2.34. The van der Waals surface area contributed by atoms with Crippen molar-refractivity contribution in [3.8, 4) is 0 Å². The molecule has 2 rings (SSSR count). The Morgan fingerprint density at radius 1 is 1.36 bits per heavy atom. The van der Waals surface area contributed by atoms with E-state index in [9.17, 15) is 4.79 Å². The molecule has 0 N–H and O–H groups in total. The van der Waals surface area contributed by atoms with Crippen molar-refractivity contribution in [2.75, 3.05) is 0 Å². The van der Waals surface area contributed by atoms with Crippen LogP contribution in [0.2, 0.25) is 0 Å². The first-order valence-electron chi connectivity index (χ1n) is 5.07. The van der Waals surface area contributed by atoms with Gasteiger partial charge in [0.15, 0.2) is 5.78 Å². The first kappa shape index (κ1) is 10.7. The lowest BCUT2D eigenvalue weighted by molar-refractivity contribution is 0.0960. The third-order valence-electron chi connectivity index (χ3n) is 2.34. The number of hydrogen-bond acceptors (Lipinski definition) is 1. The van der Waals surface area contributed by atoms with Crippen LogP contribution >= 0.6 is 0 Å². The molecule has 0 radical (unpaired) electrons. The van der Waals surface area contributed by atoms with E-state index in [0.717, 1.165) is 17.5 Å². The molecule has 1 aliphatic rings. The molecule has 1 aliphatic carbocycles. The van der Waals surface area contributed by atoms with Gasteiger partial charge in [-0.3, -0.25) is 4.79 Å². The quantitative estimate of drug-likeness (QED) is 0.618. The van der Waals surface area contributed by atoms with Crippen molar-refractivity contribution in [1.82, 2.24) is 0 Å². The van der Waals surface area contributed by atoms with Gasteiger partial charge in [-0.1, -0.05) is 44.2 Å². The Morgan fingerprint density at radius 2 is 2.00 bits per heavy atom. The largest absolute Gasteiger partial charge is 0.293 e. The first-order valence-corrected chi connectivity index (χ1v) is 5.07. The van der Waals surface area contributed by atoms with Gasteiger partial charge in [-0.15, -0.1) is 6.58 Å². The normalized spacial score (nSPS) is 18.1. The summed E-state index contributed by atoms with van der Waals surface area (Å²) in [4.78, 5) is 11.6. The number of fused-ring (bicyclic) bond motifs is 1. The van der Waals surface area contributed by atoms with E-state index in [4.69, 9.17) is 0 Å². The summed E-state index contributed by atoms with van der Waals surface area (Å²) in [6.07, 6.45) is 2.57. The van der Waals surface area contributed by atoms with Gasteiger partial charge < -0.3 is 0 Å². The topological polar surface area (TPSA) is 17.1 Å². The van der Waals surface area contributed by atoms with Gasteiger partial charge in [0, 0.05) is 11.5 Å². The molecule has 0 aromatic heterocycles. The minimum atomic E-state index is 0.0161. The average molecular weight is 188 g/mol. The van der Waals surface area contributed by atoms with Gasteiger partial charge in [0.1, 0.15) is 0 Å². The maximum Gasteiger partial charge on any atom is 0.170 e. The van der Waals surface area contributed by atoms with Gasteiger partial charge in [0.2, 0.25) is 0 Å². The minimum Gasteiger partial charge on any atom is -0.293 e. The molecule has 1 aromatic carbocycles. The number of hydrogen-bond donors (Lipinski definition) is 0. The summed E-state index contributed by atoms with van der Waals surface area (Å²) in [5.41, 5.74) is 2.04. The van der Waals surface area contributed by atoms with Gasteiger partial charge in [0.05, 0.1) is 0 Å². The van der Waals surface area contributed by atoms with Crippen LogP contribution in [0.25, 0.3) is 0 Å². The number of benzene rings is 1. The molecule has 1 aromatic rings. The van der Waals surface area contributed by atoms with Crippen LogP contribution in [-0.2, 0) is 6.42 Å². The summed E-state index contributed by atoms with van der Waals surface area (Å²) >= 11 is 0. The molecule has 0 aliphatic heterocycles. The molecule has 0 fully saturated rings. The fourth-order valence-electron chi connectivity index (χ4n) is 1.66. The number of carbonyl (C=O) groups excluding carboxylic acids is 1. The van der Waals surface area contributed by atoms with Crippen LogP contribution in [0.5, 0.6) is 0 Å². The van der Waals surface area contributed by atoms with Gasteiger partial charge in [-0.2, -0.15) is 0 Å². The second kappa shape index (κ2) is 4.75. The highest BCUT2D eigenvalue weighted by molar-refractivity contribution is 6.03. The van der Waals surface area contributed by atoms with Crippen molar-refractivity contribution in [3.63, 3.8) is 0 Å². The molecule has 0 amide bonds. The van der Waals surface area contributed by atoms with E-state index >= 15 is 0 Å². The predicted molar refractivity (Wildman–Crippen MR) is 59.5 cm³/mol. The van der Waals surface area contributed by atoms with E-state index in [1.165, 1.54) is 0 Å². The highest BCUT2D eigenvalue weighted by Gasteiger charge is 2.26. The fourth-order valence-corrected chi connectivity index (χ4v) is 1.66. The van der Waals surface area contributed by atoms with Crippen molar-refractivity contribution in [2.24, 2.45) is 5.92 Å². The van der Waals surface area contributed by atoms with Crippen LogP contribution in [0.3, 0.4) is 0 Å². The number of allylic oxidation sites excluding steroid dienone is 1. The molecule has 0 saturated heterocycles. The van der Waals surface area contributed by atoms with Crippen molar-refractivity contribution in [3.05, 3.63) is 48.0 Å². The van der Waals surface area contributed by atoms with Gasteiger partial charge in [-0.25, -0.2) is 0 Å². The Bertz CT molecular complexity index is 339. The van der Waals surface area contributed by atoms with Crippen LogP contribution in [-0.4, -0.2) is 5.78 Å². The Morgan fingerprint density at radius 3 is 2.57 bits per heavy atom. The number of Topliss-reactive ketones (excluding diaryl/α,β-unsaturated/α-hetero) is 1. The van der Waals surface area contributed by atoms with Gasteiger partial charge in [-0.05, 0) is 12.0 Å². The molecule has 1 heteroatoms. The van der Waals surface area contributed by atoms with E-state index in [1.54, 1.807) is 6.08 Å². The second-order valence-electron chi connectivity index (χ2n) is 3.07. The standard InChI is InChI=1S/C11H10O.C2H6/c1-2-8-7-9-5-3-4-6-10(9)11(8)12;1-2/h2-6,8H,1,7H2;1-2H3. The summed E-state index contributed by atoms with van der Waals surface area (Å²) in [6, 6.07) is 7.78. The van der Waals surface area contributed by atoms with Crippen LogP contribution in [0.15, 0.2) is 36.9 Å². The van der Waals surface area contributed by atoms with Crippen molar-refractivity contribution < 1.29 is 4.79 Å². The van der Waals surface area contributed by atoms with Gasteiger partial charge in [0.25, 0.3) is 0 Å². The lowest BCUT2D eigenvalue weighted by Gasteiger charge is -1.95. The summed E-state index contributed by atoms with van der Waals surface area (Å²) in [5, 5.41) is 0. The SMILES string of the molecule is C=CC1Cc2ccccc2C1=O.CC. The van der Waals surface area contributed by atoms with E-state index < -0.39 is 0 Å². The predicted octanol–water partition coefficient (Wildman–Crippen LogP) is 3.25. The maximum atomic E-state index is 11.6. The summed E-state index contributed by atoms with van der Waals surface area (Å²) in [5.74, 6) is 0.239. The lowest BCUT2D eigenvalue weighted by Crippen LogP contribution is -2.04. The molecule has 0 spiro atoms. The Kier molecular flexibility index (Phi) is 3.63. The molecule has 74 valence electrons. The van der Waals surface area contributed by atoms with Gasteiger partial charge >= 0.3 is 0 Å². The van der Waals surface area contributed by atoms with Crippen LogP contribution in [0.4, 0.5) is 0 Å². The molecule has 0 heterocycles. The highest BCUT2D eigenvalue weighted by atomic mass is 16.1. The number of carbonyl (C=O) groups is 1. The van der Waals surface area contributed by atoms with E-state index in [1.807, 2.05) is 38.1 Å². The minimum absolute atomic E-state index is 0.0161. The summed E-state index contributed by atoms with van der Waals surface area (Å²) in [6.45, 7) is 7.66. The van der Waals surface area contributed by atoms with Crippen molar-refractivity contribution in [1.29, 1.82) is 0 Å². The zero-order valence-electron chi connectivity index (χ0n) is 8.79. The monoisotopic (exact) mass is 188 g/mol. The number of rotatable bonds is 1. The molecule has 0 saturated carbocycles. The molecular weight excluding hydrogens is 172 g/mol. The Hall–Kier alpha value is -1.37. The summed E-state index contributed by atoms with van der Waals surface area (Å²) < 4.78 is 0. The molecule has 0 bridgehead atoms. The fraction of sp³-hybridized carbons (Fsp3) is 0.308. The molecule has 1 unspecified atom stereocenters. The first-order chi connectivity index (χ1) is 6.83. The molecule has 1 nitrogen and oxygen atoms in total. The van der Waals surface area contributed by atoms with Crippen molar-refractivity contribution in [2.45, 2.75) is 20.3 Å². The van der Waals surface area contributed by atoms with E-state index in [0.29, 0.717) is 0 Å². The lowest BCUT2D eigenvalue weighted by atomic mass is 10.1.